The van der Waals surface area contributed by atoms with Gasteiger partial charge in [-0.05, 0) is 23.3 Å². The van der Waals surface area contributed by atoms with Crippen LogP contribution in [-0.4, -0.2) is 22.3 Å². The van der Waals surface area contributed by atoms with Crippen molar-refractivity contribution in [1.29, 1.82) is 0 Å². The second-order valence-corrected chi connectivity index (χ2v) is 4.60. The molecule has 0 saturated carbocycles. The van der Waals surface area contributed by atoms with Gasteiger partial charge in [-0.25, -0.2) is 0 Å². The Kier molecular flexibility index (Phi) is 2.99. The minimum absolute atomic E-state index is 0.150. The summed E-state index contributed by atoms with van der Waals surface area (Å²) in [5.74, 6) is 0.896. The van der Waals surface area contributed by atoms with Crippen LogP contribution in [0.1, 0.15) is 11.1 Å². The number of ether oxygens (including phenoxy) is 1. The van der Waals surface area contributed by atoms with Crippen LogP contribution >= 0.6 is 0 Å². The van der Waals surface area contributed by atoms with E-state index in [1.54, 1.807) is 12.4 Å². The minimum atomic E-state index is -0.499. The van der Waals surface area contributed by atoms with E-state index >= 15 is 0 Å². The molecule has 92 valence electrons. The normalized spacial score (nSPS) is 19.1. The third-order valence-electron chi connectivity index (χ3n) is 3.27. The van der Waals surface area contributed by atoms with Crippen molar-refractivity contribution >= 4 is 0 Å². The number of hydrogen-bond donors (Lipinski definition) is 1. The summed E-state index contributed by atoms with van der Waals surface area (Å²) in [6, 6.07) is 11.8. The highest BCUT2D eigenvalue weighted by Crippen LogP contribution is 2.30. The van der Waals surface area contributed by atoms with Crippen molar-refractivity contribution in [3.63, 3.8) is 0 Å². The van der Waals surface area contributed by atoms with Crippen LogP contribution in [0.15, 0.2) is 48.8 Å². The van der Waals surface area contributed by atoms with Gasteiger partial charge in [-0.1, -0.05) is 24.3 Å². The fourth-order valence-electron chi connectivity index (χ4n) is 2.32. The van der Waals surface area contributed by atoms with E-state index in [1.807, 2.05) is 36.4 Å². The molecule has 0 aliphatic carbocycles. The molecular formula is C15H15NO2. The Balaban J connectivity index is 1.67. The first-order valence-electron chi connectivity index (χ1n) is 6.14. The second-order valence-electron chi connectivity index (χ2n) is 4.60. The van der Waals surface area contributed by atoms with Crippen LogP contribution < -0.4 is 4.74 Å². The zero-order valence-electron chi connectivity index (χ0n) is 9.99. The van der Waals surface area contributed by atoms with Crippen molar-refractivity contribution in [3.05, 3.63) is 59.9 Å². The van der Waals surface area contributed by atoms with Crippen LogP contribution in [0.4, 0.5) is 0 Å². The predicted molar refractivity (Wildman–Crippen MR) is 68.5 cm³/mol. The highest BCUT2D eigenvalue weighted by atomic mass is 16.5. The van der Waals surface area contributed by atoms with E-state index in [-0.39, 0.29) is 6.10 Å². The van der Waals surface area contributed by atoms with Gasteiger partial charge in [-0.2, -0.15) is 0 Å². The van der Waals surface area contributed by atoms with Gasteiger partial charge in [-0.3, -0.25) is 4.98 Å². The molecule has 1 aromatic carbocycles. The van der Waals surface area contributed by atoms with Gasteiger partial charge in [0.2, 0.25) is 0 Å². The molecule has 2 aromatic rings. The van der Waals surface area contributed by atoms with Crippen molar-refractivity contribution in [2.75, 3.05) is 0 Å². The molecule has 0 fully saturated rings. The van der Waals surface area contributed by atoms with Crippen LogP contribution in [0.3, 0.4) is 0 Å². The highest BCUT2D eigenvalue weighted by molar-refractivity contribution is 5.37. The van der Waals surface area contributed by atoms with Crippen molar-refractivity contribution in [1.82, 2.24) is 4.98 Å². The Hall–Kier alpha value is -1.87. The Morgan fingerprint density at radius 2 is 2.17 bits per heavy atom. The summed E-state index contributed by atoms with van der Waals surface area (Å²) in [5, 5.41) is 10.2. The van der Waals surface area contributed by atoms with Gasteiger partial charge in [0, 0.05) is 25.2 Å². The molecule has 3 rings (SSSR count). The van der Waals surface area contributed by atoms with E-state index in [9.17, 15) is 5.11 Å². The lowest BCUT2D eigenvalue weighted by atomic mass is 10.0. The smallest absolute Gasteiger partial charge is 0.129 e. The number of benzene rings is 1. The summed E-state index contributed by atoms with van der Waals surface area (Å²) in [6.07, 6.45) is 4.22. The van der Waals surface area contributed by atoms with Gasteiger partial charge in [0.1, 0.15) is 11.9 Å². The first kappa shape index (κ1) is 11.2. The number of fused-ring (bicyclic) bond motifs is 1. The van der Waals surface area contributed by atoms with Gasteiger partial charge in [0.15, 0.2) is 0 Å². The van der Waals surface area contributed by atoms with Gasteiger partial charge >= 0.3 is 0 Å². The van der Waals surface area contributed by atoms with Crippen molar-refractivity contribution in [2.24, 2.45) is 0 Å². The minimum Gasteiger partial charge on any atom is -0.487 e. The van der Waals surface area contributed by atoms with Crippen LogP contribution in [0.5, 0.6) is 5.75 Å². The van der Waals surface area contributed by atoms with Gasteiger partial charge in [-0.15, -0.1) is 0 Å². The average Bonchev–Trinajstić information content (AvgIpc) is 2.84. The lowest BCUT2D eigenvalue weighted by Crippen LogP contribution is -2.31. The zero-order valence-corrected chi connectivity index (χ0v) is 9.99. The summed E-state index contributed by atoms with van der Waals surface area (Å²) in [6.45, 7) is 0. The molecule has 0 saturated heterocycles. The monoisotopic (exact) mass is 241 g/mol. The molecule has 3 heteroatoms. The number of rotatable bonds is 3. The van der Waals surface area contributed by atoms with E-state index in [1.165, 1.54) is 5.56 Å². The summed E-state index contributed by atoms with van der Waals surface area (Å²) in [4.78, 5) is 4.05. The summed E-state index contributed by atoms with van der Waals surface area (Å²) in [5.41, 5.74) is 2.21. The lowest BCUT2D eigenvalue weighted by molar-refractivity contribution is 0.0502. The Morgan fingerprint density at radius 3 is 2.94 bits per heavy atom. The van der Waals surface area contributed by atoms with Gasteiger partial charge < -0.3 is 9.84 Å². The standard InChI is InChI=1S/C15H15NO2/c17-13(8-11-4-3-7-16-10-11)15-9-12-5-1-2-6-14(12)18-15/h1-7,10,13,15,17H,8-9H2. The predicted octanol–water partition coefficient (Wildman–Crippen LogP) is 1.99. The van der Waals surface area contributed by atoms with Crippen LogP contribution in [0.2, 0.25) is 0 Å². The molecule has 18 heavy (non-hydrogen) atoms. The molecule has 0 bridgehead atoms. The Morgan fingerprint density at radius 1 is 1.28 bits per heavy atom. The molecule has 0 radical (unpaired) electrons. The average molecular weight is 241 g/mol. The molecule has 1 aromatic heterocycles. The molecule has 2 atom stereocenters. The SMILES string of the molecule is OC(Cc1cccnc1)C1Cc2ccccc2O1. The summed E-state index contributed by atoms with van der Waals surface area (Å²) in [7, 11) is 0. The van der Waals surface area contributed by atoms with Gasteiger partial charge in [0.25, 0.3) is 0 Å². The molecule has 2 unspecified atom stereocenters. The van der Waals surface area contributed by atoms with E-state index in [4.69, 9.17) is 4.74 Å². The molecule has 3 nitrogen and oxygen atoms in total. The van der Waals surface area contributed by atoms with Crippen LogP contribution in [0.25, 0.3) is 0 Å². The maximum atomic E-state index is 10.2. The molecule has 1 aliphatic rings. The Labute approximate surface area is 106 Å². The number of aliphatic hydroxyl groups excluding tert-OH is 1. The fraction of sp³-hybridized carbons (Fsp3) is 0.267. The zero-order chi connectivity index (χ0) is 12.4. The Bertz CT molecular complexity index is 502. The molecule has 2 heterocycles. The summed E-state index contributed by atoms with van der Waals surface area (Å²) >= 11 is 0. The molecular weight excluding hydrogens is 226 g/mol. The van der Waals surface area contributed by atoms with E-state index < -0.39 is 6.10 Å². The number of nitrogens with zero attached hydrogens (tertiary/aromatic N) is 1. The lowest BCUT2D eigenvalue weighted by Gasteiger charge is -2.17. The number of aromatic nitrogens is 1. The second kappa shape index (κ2) is 4.78. The largest absolute Gasteiger partial charge is 0.487 e. The number of pyridine rings is 1. The quantitative estimate of drug-likeness (QED) is 0.893. The maximum Gasteiger partial charge on any atom is 0.129 e. The van der Waals surface area contributed by atoms with Crippen LogP contribution in [-0.2, 0) is 12.8 Å². The van der Waals surface area contributed by atoms with E-state index in [2.05, 4.69) is 4.98 Å². The third-order valence-corrected chi connectivity index (χ3v) is 3.27. The van der Waals surface area contributed by atoms with Crippen molar-refractivity contribution in [3.8, 4) is 5.75 Å². The van der Waals surface area contributed by atoms with Crippen molar-refractivity contribution < 1.29 is 9.84 Å². The van der Waals surface area contributed by atoms with Gasteiger partial charge in [0.05, 0.1) is 6.10 Å². The first-order valence-corrected chi connectivity index (χ1v) is 6.14. The number of para-hydroxylation sites is 1. The van der Waals surface area contributed by atoms with Crippen molar-refractivity contribution in [2.45, 2.75) is 25.0 Å². The fourth-order valence-corrected chi connectivity index (χ4v) is 2.32. The van der Waals surface area contributed by atoms with E-state index in [0.717, 1.165) is 17.7 Å². The molecule has 0 amide bonds. The first-order chi connectivity index (χ1) is 8.83. The number of aliphatic hydroxyl groups is 1. The third kappa shape index (κ3) is 2.22. The number of hydrogen-bond acceptors (Lipinski definition) is 3. The van der Waals surface area contributed by atoms with E-state index in [0.29, 0.717) is 6.42 Å². The maximum absolute atomic E-state index is 10.2. The molecule has 1 N–H and O–H groups in total. The molecule has 0 spiro atoms. The summed E-state index contributed by atoms with van der Waals surface area (Å²) < 4.78 is 5.77. The van der Waals surface area contributed by atoms with Crippen LogP contribution in [0, 0.1) is 0 Å². The molecule has 1 aliphatic heterocycles. The highest BCUT2D eigenvalue weighted by Gasteiger charge is 2.28. The topological polar surface area (TPSA) is 42.4 Å².